The molecule has 1 heterocycles. The van der Waals surface area contributed by atoms with Gasteiger partial charge >= 0.3 is 0 Å². The van der Waals surface area contributed by atoms with Gasteiger partial charge in [0.05, 0.1) is 25.4 Å². The van der Waals surface area contributed by atoms with Crippen LogP contribution < -0.4 is 5.32 Å². The normalized spacial score (nSPS) is 21.5. The summed E-state index contributed by atoms with van der Waals surface area (Å²) in [4.78, 5) is 12.9. The SMILES string of the molecule is CC/C=C\C/C=C\C/C=C\C/C=C\C/C=C\CCCCCCCCCCCCCC(=O)NC(COC1OC(CO)C(O)C(O)C1O)C(O)/C=C/CC/C=C/CC/C=C/CC. The number of amides is 1. The van der Waals surface area contributed by atoms with Crippen LogP contribution in [0.15, 0.2) is 97.2 Å². The number of unbranched alkanes of at least 4 members (excludes halogenated alkanes) is 13. The van der Waals surface area contributed by atoms with Crippen LogP contribution >= 0.6 is 0 Å². The minimum atomic E-state index is -1.58. The molecule has 9 nitrogen and oxygen atoms in total. The highest BCUT2D eigenvalue weighted by Gasteiger charge is 2.44. The lowest BCUT2D eigenvalue weighted by Crippen LogP contribution is -2.60. The van der Waals surface area contributed by atoms with Crippen molar-refractivity contribution in [2.45, 2.75) is 204 Å². The monoisotopic (exact) mass is 840 g/mol. The molecule has 0 aromatic rings. The van der Waals surface area contributed by atoms with E-state index in [1.54, 1.807) is 6.08 Å². The average Bonchev–Trinajstić information content (AvgIpc) is 3.25. The van der Waals surface area contributed by atoms with E-state index in [0.29, 0.717) is 6.42 Å². The number of hydrogen-bond donors (Lipinski definition) is 6. The van der Waals surface area contributed by atoms with Crippen LogP contribution in [0.5, 0.6) is 0 Å². The van der Waals surface area contributed by atoms with E-state index in [1.165, 1.54) is 44.9 Å². The molecule has 1 fully saturated rings. The molecule has 1 rings (SSSR count). The lowest BCUT2D eigenvalue weighted by molar-refractivity contribution is -0.302. The minimum Gasteiger partial charge on any atom is -0.394 e. The van der Waals surface area contributed by atoms with Gasteiger partial charge in [-0.1, -0.05) is 169 Å². The Morgan fingerprint density at radius 3 is 1.53 bits per heavy atom. The van der Waals surface area contributed by atoms with Crippen molar-refractivity contribution < 1.29 is 39.8 Å². The molecule has 1 saturated heterocycles. The largest absolute Gasteiger partial charge is 0.394 e. The first-order valence-electron chi connectivity index (χ1n) is 23.5. The van der Waals surface area contributed by atoms with E-state index in [1.807, 2.05) is 6.08 Å². The predicted octanol–water partition coefficient (Wildman–Crippen LogP) is 10.1. The average molecular weight is 840 g/mol. The molecule has 0 aromatic heterocycles. The summed E-state index contributed by atoms with van der Waals surface area (Å²) in [6.07, 6.45) is 50.4. The van der Waals surface area contributed by atoms with Crippen LogP contribution in [-0.2, 0) is 14.3 Å². The van der Waals surface area contributed by atoms with Gasteiger partial charge in [0.2, 0.25) is 5.91 Å². The second-order valence-corrected chi connectivity index (χ2v) is 15.8. The Balaban J connectivity index is 2.24. The summed E-state index contributed by atoms with van der Waals surface area (Å²) in [5.41, 5.74) is 0. The Morgan fingerprint density at radius 1 is 0.567 bits per heavy atom. The molecule has 0 aromatic carbocycles. The number of ether oxygens (including phenoxy) is 2. The van der Waals surface area contributed by atoms with Gasteiger partial charge in [-0.25, -0.2) is 0 Å². The maximum Gasteiger partial charge on any atom is 0.220 e. The lowest BCUT2D eigenvalue weighted by atomic mass is 9.99. The highest BCUT2D eigenvalue weighted by atomic mass is 16.7. The zero-order chi connectivity index (χ0) is 43.7. The fourth-order valence-electron chi connectivity index (χ4n) is 6.69. The molecule has 1 amide bonds. The standard InChI is InChI=1S/C51H85NO8/c1-3-5-7-9-11-13-15-16-17-18-19-20-21-22-23-24-25-26-27-28-29-30-31-33-35-37-39-41-47(55)52-44(43-59-51-50(58)49(57)48(56)46(42-53)60-51)45(54)40-38-36-34-32-14-12-10-8-6-4-2/h5-8,11,13-14,16-17,19-20,22-23,32,38,40,44-46,48-51,53-54,56-58H,3-4,9-10,12,15,18,21,24-31,33-37,39,41-43H2,1-2H3,(H,52,55)/b7-5-,8-6+,13-11-,17-16-,20-19-,23-22-,32-14+,40-38+. The van der Waals surface area contributed by atoms with Gasteiger partial charge in [-0.05, 0) is 83.5 Å². The van der Waals surface area contributed by atoms with Crippen molar-refractivity contribution in [2.75, 3.05) is 13.2 Å². The Bertz CT molecular complexity index is 1250. The molecule has 1 aliphatic heterocycles. The number of hydrogen-bond acceptors (Lipinski definition) is 8. The number of nitrogens with one attached hydrogen (secondary N) is 1. The molecular formula is C51H85NO8. The highest BCUT2D eigenvalue weighted by molar-refractivity contribution is 5.76. The number of carbonyl (C=O) groups excluding carboxylic acids is 1. The fourth-order valence-corrected chi connectivity index (χ4v) is 6.69. The third-order valence-corrected chi connectivity index (χ3v) is 10.4. The van der Waals surface area contributed by atoms with Crippen LogP contribution in [0.3, 0.4) is 0 Å². The zero-order valence-electron chi connectivity index (χ0n) is 37.4. The third-order valence-electron chi connectivity index (χ3n) is 10.4. The maximum absolute atomic E-state index is 12.9. The molecule has 0 radical (unpaired) electrons. The van der Waals surface area contributed by atoms with E-state index in [0.717, 1.165) is 96.3 Å². The maximum atomic E-state index is 12.9. The summed E-state index contributed by atoms with van der Waals surface area (Å²) in [7, 11) is 0. The topological polar surface area (TPSA) is 149 Å². The van der Waals surface area contributed by atoms with Gasteiger partial charge in [0, 0.05) is 6.42 Å². The van der Waals surface area contributed by atoms with Crippen molar-refractivity contribution >= 4 is 5.91 Å². The Morgan fingerprint density at radius 2 is 1.00 bits per heavy atom. The molecule has 0 bridgehead atoms. The number of carbonyl (C=O) groups is 1. The van der Waals surface area contributed by atoms with Crippen molar-refractivity contribution in [3.8, 4) is 0 Å². The van der Waals surface area contributed by atoms with E-state index >= 15 is 0 Å². The Labute approximate surface area is 364 Å². The van der Waals surface area contributed by atoms with Crippen LogP contribution in [0.4, 0.5) is 0 Å². The second kappa shape index (κ2) is 40.2. The van der Waals surface area contributed by atoms with Gasteiger partial charge in [0.25, 0.3) is 0 Å². The number of rotatable bonds is 37. The van der Waals surface area contributed by atoms with Gasteiger partial charge in [0.15, 0.2) is 6.29 Å². The fraction of sp³-hybridized carbons (Fsp3) is 0.667. The number of aliphatic hydroxyl groups excluding tert-OH is 5. The smallest absolute Gasteiger partial charge is 0.220 e. The Kier molecular flexibility index (Phi) is 36.9. The zero-order valence-corrected chi connectivity index (χ0v) is 37.4. The molecule has 0 aliphatic carbocycles. The van der Waals surface area contributed by atoms with Crippen LogP contribution in [0.1, 0.15) is 162 Å². The Hall–Kier alpha value is -2.89. The van der Waals surface area contributed by atoms with Crippen molar-refractivity contribution in [1.82, 2.24) is 5.32 Å². The summed E-state index contributed by atoms with van der Waals surface area (Å²) in [6, 6.07) is -0.833. The molecule has 60 heavy (non-hydrogen) atoms. The summed E-state index contributed by atoms with van der Waals surface area (Å²) in [5.74, 6) is -0.203. The molecule has 0 saturated carbocycles. The minimum absolute atomic E-state index is 0.203. The molecule has 0 spiro atoms. The van der Waals surface area contributed by atoms with Gasteiger partial charge in [-0.15, -0.1) is 0 Å². The summed E-state index contributed by atoms with van der Waals surface area (Å²) in [5, 5.41) is 54.0. The van der Waals surface area contributed by atoms with Crippen molar-refractivity contribution in [1.29, 1.82) is 0 Å². The lowest BCUT2D eigenvalue weighted by Gasteiger charge is -2.40. The second-order valence-electron chi connectivity index (χ2n) is 15.8. The van der Waals surface area contributed by atoms with Crippen molar-refractivity contribution in [3.05, 3.63) is 97.2 Å². The van der Waals surface area contributed by atoms with E-state index in [4.69, 9.17) is 9.47 Å². The molecular weight excluding hydrogens is 755 g/mol. The van der Waals surface area contributed by atoms with E-state index in [-0.39, 0.29) is 12.5 Å². The van der Waals surface area contributed by atoms with Crippen LogP contribution in [-0.4, -0.2) is 87.5 Å². The molecule has 7 atom stereocenters. The van der Waals surface area contributed by atoms with Crippen LogP contribution in [0.25, 0.3) is 0 Å². The van der Waals surface area contributed by atoms with Gasteiger partial charge in [0.1, 0.15) is 24.4 Å². The van der Waals surface area contributed by atoms with Gasteiger partial charge < -0.3 is 40.3 Å². The molecule has 342 valence electrons. The summed E-state index contributed by atoms with van der Waals surface area (Å²) in [6.45, 7) is 3.49. The number of aliphatic hydroxyl groups is 5. The van der Waals surface area contributed by atoms with Gasteiger partial charge in [-0.2, -0.15) is 0 Å². The molecule has 1 aliphatic rings. The molecule has 7 unspecified atom stereocenters. The first kappa shape index (κ1) is 55.1. The number of allylic oxidation sites excluding steroid dienone is 15. The van der Waals surface area contributed by atoms with E-state index in [2.05, 4.69) is 104 Å². The summed E-state index contributed by atoms with van der Waals surface area (Å²) >= 11 is 0. The summed E-state index contributed by atoms with van der Waals surface area (Å²) < 4.78 is 11.2. The van der Waals surface area contributed by atoms with E-state index < -0.39 is 49.5 Å². The molecule has 6 N–H and O–H groups in total. The molecule has 9 heteroatoms. The predicted molar refractivity (Wildman–Crippen MR) is 248 cm³/mol. The van der Waals surface area contributed by atoms with Crippen molar-refractivity contribution in [2.24, 2.45) is 0 Å². The van der Waals surface area contributed by atoms with E-state index in [9.17, 15) is 30.3 Å². The first-order valence-corrected chi connectivity index (χ1v) is 23.5. The quantitative estimate of drug-likeness (QED) is 0.0268. The third kappa shape index (κ3) is 30.2. The van der Waals surface area contributed by atoms with Gasteiger partial charge in [-0.3, -0.25) is 4.79 Å². The first-order chi connectivity index (χ1) is 29.3. The van der Waals surface area contributed by atoms with Crippen LogP contribution in [0, 0.1) is 0 Å². The van der Waals surface area contributed by atoms with Crippen LogP contribution in [0.2, 0.25) is 0 Å². The van der Waals surface area contributed by atoms with Crippen molar-refractivity contribution in [3.63, 3.8) is 0 Å². The highest BCUT2D eigenvalue weighted by Crippen LogP contribution is 2.22.